The molecule has 0 unspecified atom stereocenters. The van der Waals surface area contributed by atoms with Gasteiger partial charge in [-0.2, -0.15) is 14.5 Å². The number of aromatic nitrogens is 1. The van der Waals surface area contributed by atoms with Crippen LogP contribution in [0.2, 0.25) is 10.0 Å². The Hall–Kier alpha value is -2.42. The fraction of sp³-hybridized carbons (Fsp3) is 0.308. The molecule has 0 radical (unpaired) electrons. The maximum absolute atomic E-state index is 15.3. The van der Waals surface area contributed by atoms with E-state index in [2.05, 4.69) is 15.5 Å². The van der Waals surface area contributed by atoms with Crippen LogP contribution in [0.5, 0.6) is 5.75 Å². The highest BCUT2D eigenvalue weighted by Gasteiger charge is 2.28. The number of nitrogens with one attached hydrogen (secondary N) is 1. The SMILES string of the molecule is CC(C)(C)c1cc(Sc2c(F)c(F)nc(N/N=C/c3ccc(Cl)cc3Cl)c2F)cc(C(C)(C)C)c1O. The van der Waals surface area contributed by atoms with Gasteiger partial charge in [0.05, 0.1) is 16.1 Å². The minimum Gasteiger partial charge on any atom is -0.507 e. The van der Waals surface area contributed by atoms with Crippen LogP contribution in [0.4, 0.5) is 19.0 Å². The molecule has 0 bridgehead atoms. The van der Waals surface area contributed by atoms with Crippen molar-refractivity contribution < 1.29 is 18.3 Å². The lowest BCUT2D eigenvalue weighted by atomic mass is 9.79. The second-order valence-corrected chi connectivity index (χ2v) is 12.1. The van der Waals surface area contributed by atoms with E-state index in [1.54, 1.807) is 24.3 Å². The molecule has 0 fully saturated rings. The van der Waals surface area contributed by atoms with Crippen molar-refractivity contribution in [3.8, 4) is 5.75 Å². The van der Waals surface area contributed by atoms with Gasteiger partial charge in [0, 0.05) is 26.6 Å². The van der Waals surface area contributed by atoms with E-state index in [4.69, 9.17) is 23.2 Å². The molecule has 3 aromatic rings. The summed E-state index contributed by atoms with van der Waals surface area (Å²) in [4.78, 5) is 3.17. The number of phenolic OH excluding ortho intramolecular Hbond substituents is 1. The molecule has 0 amide bonds. The average Bonchev–Trinajstić information content (AvgIpc) is 2.75. The molecule has 0 saturated heterocycles. The molecule has 2 N–H and O–H groups in total. The van der Waals surface area contributed by atoms with Gasteiger partial charge in [0.2, 0.25) is 0 Å². The third-order valence-electron chi connectivity index (χ3n) is 5.25. The second kappa shape index (κ2) is 10.5. The molecule has 1 aromatic heterocycles. The second-order valence-electron chi connectivity index (χ2n) is 10.2. The van der Waals surface area contributed by atoms with Gasteiger partial charge in [0.1, 0.15) is 5.75 Å². The molecule has 0 aliphatic rings. The first-order valence-electron chi connectivity index (χ1n) is 10.9. The van der Waals surface area contributed by atoms with Crippen LogP contribution >= 0.6 is 35.0 Å². The van der Waals surface area contributed by atoms with Crippen LogP contribution in [-0.4, -0.2) is 16.3 Å². The number of halogens is 5. The Morgan fingerprint density at radius 3 is 2.06 bits per heavy atom. The normalized spacial score (nSPS) is 12.4. The van der Waals surface area contributed by atoms with Gasteiger partial charge in [-0.3, -0.25) is 5.43 Å². The zero-order valence-corrected chi connectivity index (χ0v) is 22.9. The van der Waals surface area contributed by atoms with Gasteiger partial charge in [0.25, 0.3) is 5.95 Å². The fourth-order valence-corrected chi connectivity index (χ4v) is 4.76. The van der Waals surface area contributed by atoms with Crippen LogP contribution in [0.25, 0.3) is 0 Å². The summed E-state index contributed by atoms with van der Waals surface area (Å²) in [6.07, 6.45) is 1.28. The van der Waals surface area contributed by atoms with Crippen molar-refractivity contribution in [2.75, 3.05) is 5.43 Å². The largest absolute Gasteiger partial charge is 0.507 e. The first kappa shape index (κ1) is 28.2. The lowest BCUT2D eigenvalue weighted by Gasteiger charge is -2.28. The number of aromatic hydroxyl groups is 1. The lowest BCUT2D eigenvalue weighted by Crippen LogP contribution is -2.17. The van der Waals surface area contributed by atoms with Crippen molar-refractivity contribution in [1.29, 1.82) is 0 Å². The van der Waals surface area contributed by atoms with Crippen LogP contribution in [0, 0.1) is 17.6 Å². The number of pyridine rings is 1. The third-order valence-corrected chi connectivity index (χ3v) is 6.85. The van der Waals surface area contributed by atoms with Crippen molar-refractivity contribution in [3.05, 3.63) is 74.6 Å². The van der Waals surface area contributed by atoms with E-state index >= 15 is 4.39 Å². The predicted molar refractivity (Wildman–Crippen MR) is 141 cm³/mol. The van der Waals surface area contributed by atoms with Gasteiger partial charge >= 0.3 is 0 Å². The predicted octanol–water partition coefficient (Wildman–Crippen LogP) is 8.70. The van der Waals surface area contributed by atoms with E-state index < -0.39 is 39.1 Å². The topological polar surface area (TPSA) is 57.5 Å². The first-order chi connectivity index (χ1) is 16.6. The monoisotopic (exact) mass is 555 g/mol. The summed E-state index contributed by atoms with van der Waals surface area (Å²) < 4.78 is 44.3. The van der Waals surface area contributed by atoms with Crippen molar-refractivity contribution >= 4 is 47.0 Å². The molecular formula is C26H26Cl2F3N3OS. The molecule has 2 aromatic carbocycles. The minimum atomic E-state index is -1.48. The smallest absolute Gasteiger partial charge is 0.252 e. The number of nitrogens with zero attached hydrogens (tertiary/aromatic N) is 2. The number of rotatable bonds is 5. The zero-order valence-electron chi connectivity index (χ0n) is 20.6. The number of anilines is 1. The molecule has 0 aliphatic heterocycles. The Kier molecular flexibility index (Phi) is 8.23. The highest BCUT2D eigenvalue weighted by molar-refractivity contribution is 7.99. The van der Waals surface area contributed by atoms with E-state index in [0.29, 0.717) is 43.4 Å². The summed E-state index contributed by atoms with van der Waals surface area (Å²) in [7, 11) is 0. The Labute approximate surface area is 222 Å². The van der Waals surface area contributed by atoms with Crippen LogP contribution in [0.3, 0.4) is 0 Å². The Bertz CT molecular complexity index is 1300. The standard InChI is InChI=1S/C26H26Cl2F3N3OS/c1-25(2,3)16-10-15(11-17(21(16)35)26(4,5)6)36-22-19(29)23(31)33-24(20(22)30)34-32-12-13-7-8-14(27)9-18(13)28/h7-12,35H,1-6H3,(H,33,34)/b32-12+. The number of phenols is 1. The van der Waals surface area contributed by atoms with Crippen LogP contribution in [0.15, 0.2) is 45.2 Å². The zero-order chi connectivity index (χ0) is 27.0. The van der Waals surface area contributed by atoms with E-state index in [1.165, 1.54) is 12.3 Å². The molecule has 0 saturated carbocycles. The summed E-state index contributed by atoms with van der Waals surface area (Å²) in [6, 6.07) is 8.00. The minimum absolute atomic E-state index is 0.124. The van der Waals surface area contributed by atoms with E-state index in [0.717, 1.165) is 0 Å². The fourth-order valence-electron chi connectivity index (χ4n) is 3.35. The summed E-state index contributed by atoms with van der Waals surface area (Å²) in [5, 5.41) is 15.5. The quantitative estimate of drug-likeness (QED) is 0.188. The average molecular weight is 556 g/mol. The molecule has 0 aliphatic carbocycles. The first-order valence-corrected chi connectivity index (χ1v) is 12.5. The van der Waals surface area contributed by atoms with E-state index in [9.17, 15) is 13.9 Å². The van der Waals surface area contributed by atoms with Gasteiger partial charge < -0.3 is 5.11 Å². The van der Waals surface area contributed by atoms with Gasteiger partial charge in [-0.25, -0.2) is 8.78 Å². The Balaban J connectivity index is 2.02. The van der Waals surface area contributed by atoms with Gasteiger partial charge in [-0.15, -0.1) is 0 Å². The molecule has 0 spiro atoms. The number of hydrogen-bond acceptors (Lipinski definition) is 5. The molecule has 36 heavy (non-hydrogen) atoms. The molecular weight excluding hydrogens is 530 g/mol. The van der Waals surface area contributed by atoms with E-state index in [-0.39, 0.29) is 5.75 Å². The maximum Gasteiger partial charge on any atom is 0.252 e. The van der Waals surface area contributed by atoms with Crippen LogP contribution in [-0.2, 0) is 10.8 Å². The van der Waals surface area contributed by atoms with Crippen LogP contribution in [0.1, 0.15) is 58.2 Å². The van der Waals surface area contributed by atoms with E-state index in [1.807, 2.05) is 41.5 Å². The molecule has 10 heteroatoms. The van der Waals surface area contributed by atoms with Crippen molar-refractivity contribution in [1.82, 2.24) is 4.98 Å². The number of hydrazone groups is 1. The number of hydrogen-bond donors (Lipinski definition) is 2. The molecule has 0 atom stereocenters. The maximum atomic E-state index is 15.3. The summed E-state index contributed by atoms with van der Waals surface area (Å²) in [6.45, 7) is 11.5. The Morgan fingerprint density at radius 2 is 1.53 bits per heavy atom. The third kappa shape index (κ3) is 6.28. The van der Waals surface area contributed by atoms with Crippen molar-refractivity contribution in [3.63, 3.8) is 0 Å². The summed E-state index contributed by atoms with van der Waals surface area (Å²) in [5.74, 6) is -4.48. The Morgan fingerprint density at radius 1 is 0.944 bits per heavy atom. The van der Waals surface area contributed by atoms with Crippen molar-refractivity contribution in [2.45, 2.75) is 62.2 Å². The number of benzene rings is 2. The summed E-state index contributed by atoms with van der Waals surface area (Å²) >= 11 is 12.6. The lowest BCUT2D eigenvalue weighted by molar-refractivity contribution is 0.422. The van der Waals surface area contributed by atoms with Gasteiger partial charge in [0.15, 0.2) is 17.5 Å². The molecule has 1 heterocycles. The summed E-state index contributed by atoms with van der Waals surface area (Å²) in [5.41, 5.74) is 3.09. The van der Waals surface area contributed by atoms with Crippen LogP contribution < -0.4 is 5.43 Å². The molecule has 192 valence electrons. The molecule has 3 rings (SSSR count). The molecule has 4 nitrogen and oxygen atoms in total. The van der Waals surface area contributed by atoms with Gasteiger partial charge in [-0.1, -0.05) is 82.6 Å². The van der Waals surface area contributed by atoms with Gasteiger partial charge in [-0.05, 0) is 35.1 Å². The highest BCUT2D eigenvalue weighted by Crippen LogP contribution is 2.44. The highest BCUT2D eigenvalue weighted by atomic mass is 35.5. The van der Waals surface area contributed by atoms with Crippen molar-refractivity contribution in [2.24, 2.45) is 5.10 Å².